The number of rotatable bonds is 8. The molecule has 2 rings (SSSR count). The summed E-state index contributed by atoms with van der Waals surface area (Å²) in [4.78, 5) is 12.6. The van der Waals surface area contributed by atoms with E-state index < -0.39 is 9.73 Å². The summed E-state index contributed by atoms with van der Waals surface area (Å²) in [5.74, 6) is 0.798. The largest absolute Gasteiger partial charge is 0.454 e. The number of amides is 1. The van der Waals surface area contributed by atoms with E-state index in [0.29, 0.717) is 34.2 Å². The Balaban J connectivity index is 2.66. The third-order valence-electron chi connectivity index (χ3n) is 4.11. The van der Waals surface area contributed by atoms with Gasteiger partial charge in [0, 0.05) is 32.5 Å². The maximum absolute atomic E-state index is 13.1. The van der Waals surface area contributed by atoms with Crippen LogP contribution in [0, 0.1) is 0 Å². The number of anilines is 1. The number of unbranched alkanes of at least 4 members (excludes halogenated alkanes) is 1. The van der Waals surface area contributed by atoms with Crippen LogP contribution in [0.25, 0.3) is 0 Å². The molecule has 146 valence electrons. The second kappa shape index (κ2) is 9.41. The van der Waals surface area contributed by atoms with Crippen molar-refractivity contribution in [2.45, 2.75) is 24.7 Å². The molecule has 2 aromatic carbocycles. The van der Waals surface area contributed by atoms with Crippen LogP contribution in [0.4, 0.5) is 5.69 Å². The lowest BCUT2D eigenvalue weighted by Crippen LogP contribution is -2.19. The summed E-state index contributed by atoms with van der Waals surface area (Å²) in [6.07, 6.45) is 3.53. The van der Waals surface area contributed by atoms with Gasteiger partial charge in [-0.2, -0.15) is 0 Å². The van der Waals surface area contributed by atoms with Gasteiger partial charge in [0.2, 0.25) is 0 Å². The average molecular weight is 390 g/mol. The van der Waals surface area contributed by atoms with E-state index in [4.69, 9.17) is 4.74 Å². The molecule has 0 heterocycles. The third-order valence-corrected chi connectivity index (χ3v) is 5.93. The van der Waals surface area contributed by atoms with Crippen molar-refractivity contribution in [3.8, 4) is 11.5 Å². The summed E-state index contributed by atoms with van der Waals surface area (Å²) in [5.41, 5.74) is 1.03. The Morgan fingerprint density at radius 2 is 1.93 bits per heavy atom. The normalized spacial score (nSPS) is 12.7. The molecule has 0 saturated carbocycles. The Bertz CT molecular complexity index is 904. The highest BCUT2D eigenvalue weighted by molar-refractivity contribution is 7.93. The molecule has 0 saturated heterocycles. The number of hydrogen-bond donors (Lipinski definition) is 2. The van der Waals surface area contributed by atoms with E-state index in [-0.39, 0.29) is 5.91 Å². The first-order chi connectivity index (χ1) is 12.9. The first kappa shape index (κ1) is 20.8. The number of ether oxygens (including phenoxy) is 1. The van der Waals surface area contributed by atoms with Gasteiger partial charge in [0.15, 0.2) is 5.75 Å². The second-order valence-corrected chi connectivity index (χ2v) is 8.52. The van der Waals surface area contributed by atoms with Crippen LogP contribution in [-0.4, -0.2) is 37.0 Å². The van der Waals surface area contributed by atoms with E-state index in [0.717, 1.165) is 12.8 Å². The van der Waals surface area contributed by atoms with Crippen molar-refractivity contribution < 1.29 is 13.7 Å². The maximum atomic E-state index is 13.1. The van der Waals surface area contributed by atoms with Crippen LogP contribution < -0.4 is 15.4 Å². The Morgan fingerprint density at radius 3 is 2.52 bits per heavy atom. The quantitative estimate of drug-likeness (QED) is 0.665. The summed E-state index contributed by atoms with van der Waals surface area (Å²) in [6, 6.07) is 12.6. The topological polar surface area (TPSA) is 79.8 Å². The minimum absolute atomic E-state index is 0.257. The van der Waals surface area contributed by atoms with Gasteiger partial charge in [-0.15, -0.1) is 0 Å². The third kappa shape index (κ3) is 5.23. The first-order valence-electron chi connectivity index (χ1n) is 8.90. The molecule has 0 aliphatic rings. The van der Waals surface area contributed by atoms with Crippen molar-refractivity contribution in [3.05, 3.63) is 48.0 Å². The highest BCUT2D eigenvalue weighted by atomic mass is 32.2. The molecule has 0 radical (unpaired) electrons. The molecule has 1 unspecified atom stereocenters. The minimum atomic E-state index is -2.74. The van der Waals surface area contributed by atoms with E-state index in [1.807, 2.05) is 30.3 Å². The van der Waals surface area contributed by atoms with Gasteiger partial charge in [0.1, 0.15) is 5.75 Å². The van der Waals surface area contributed by atoms with Crippen molar-refractivity contribution in [1.29, 1.82) is 0 Å². The van der Waals surface area contributed by atoms with Crippen molar-refractivity contribution >= 4 is 21.3 Å². The Kier molecular flexibility index (Phi) is 7.24. The SMILES string of the molecule is CCCCNc1cc(C(=O)NC)cc(S(C)(=O)=NC)c1Oc1ccccc1. The Labute approximate surface area is 161 Å². The predicted molar refractivity (Wildman–Crippen MR) is 110 cm³/mol. The van der Waals surface area contributed by atoms with Crippen LogP contribution in [-0.2, 0) is 9.73 Å². The molecule has 0 aliphatic carbocycles. The van der Waals surface area contributed by atoms with Gasteiger partial charge in [-0.25, -0.2) is 8.57 Å². The fraction of sp³-hybridized carbons (Fsp3) is 0.350. The zero-order valence-electron chi connectivity index (χ0n) is 16.2. The summed E-state index contributed by atoms with van der Waals surface area (Å²) >= 11 is 0. The standard InChI is InChI=1S/C20H27N3O3S/c1-5-6-12-23-17-13-15(20(24)21-2)14-18(27(4,25)22-3)19(17)26-16-10-8-7-9-11-16/h7-11,13-14,23H,5-6,12H2,1-4H3,(H,21,24). The van der Waals surface area contributed by atoms with Crippen molar-refractivity contribution in [2.24, 2.45) is 4.36 Å². The van der Waals surface area contributed by atoms with Gasteiger partial charge in [0.05, 0.1) is 20.3 Å². The Morgan fingerprint density at radius 1 is 1.22 bits per heavy atom. The first-order valence-corrected chi connectivity index (χ1v) is 10.8. The van der Waals surface area contributed by atoms with Crippen LogP contribution in [0.5, 0.6) is 11.5 Å². The monoisotopic (exact) mass is 389 g/mol. The molecule has 0 fully saturated rings. The van der Waals surface area contributed by atoms with Crippen molar-refractivity contribution in [3.63, 3.8) is 0 Å². The van der Waals surface area contributed by atoms with Crippen LogP contribution in [0.15, 0.2) is 51.7 Å². The molecular weight excluding hydrogens is 362 g/mol. The zero-order valence-corrected chi connectivity index (χ0v) is 17.1. The number of carbonyl (C=O) groups excluding carboxylic acids is 1. The lowest BCUT2D eigenvalue weighted by atomic mass is 10.1. The highest BCUT2D eigenvalue weighted by Crippen LogP contribution is 2.38. The average Bonchev–Trinajstić information content (AvgIpc) is 2.69. The van der Waals surface area contributed by atoms with E-state index in [2.05, 4.69) is 21.9 Å². The zero-order chi connectivity index (χ0) is 19.9. The number of benzene rings is 2. The van der Waals surface area contributed by atoms with Gasteiger partial charge in [-0.1, -0.05) is 31.5 Å². The van der Waals surface area contributed by atoms with Gasteiger partial charge in [-0.3, -0.25) is 4.79 Å². The molecule has 1 amide bonds. The molecule has 1 atom stereocenters. The van der Waals surface area contributed by atoms with E-state index in [9.17, 15) is 9.00 Å². The van der Waals surface area contributed by atoms with E-state index >= 15 is 0 Å². The molecule has 27 heavy (non-hydrogen) atoms. The van der Waals surface area contributed by atoms with Crippen LogP contribution in [0.1, 0.15) is 30.1 Å². The number of nitrogens with one attached hydrogen (secondary N) is 2. The Hall–Kier alpha value is -2.54. The van der Waals surface area contributed by atoms with Gasteiger partial charge >= 0.3 is 0 Å². The molecule has 2 N–H and O–H groups in total. The molecule has 7 heteroatoms. The molecule has 0 bridgehead atoms. The van der Waals surface area contributed by atoms with Crippen LogP contribution >= 0.6 is 0 Å². The molecule has 6 nitrogen and oxygen atoms in total. The summed E-state index contributed by atoms with van der Waals surface area (Å²) in [5, 5.41) is 5.93. The lowest BCUT2D eigenvalue weighted by Gasteiger charge is -2.19. The van der Waals surface area contributed by atoms with Crippen LogP contribution in [0.3, 0.4) is 0 Å². The molecular formula is C20H27N3O3S. The predicted octanol–water partition coefficient (Wildman–Crippen LogP) is 4.14. The maximum Gasteiger partial charge on any atom is 0.251 e. The number of hydrogen-bond acceptors (Lipinski definition) is 5. The van der Waals surface area contributed by atoms with Crippen LogP contribution in [0.2, 0.25) is 0 Å². The number of para-hydroxylation sites is 1. The molecule has 2 aromatic rings. The molecule has 0 spiro atoms. The lowest BCUT2D eigenvalue weighted by molar-refractivity contribution is 0.0963. The summed E-state index contributed by atoms with van der Waals surface area (Å²) < 4.78 is 23.2. The number of nitrogens with zero attached hydrogens (tertiary/aromatic N) is 1. The summed E-state index contributed by atoms with van der Waals surface area (Å²) in [6.45, 7) is 2.82. The minimum Gasteiger partial charge on any atom is -0.454 e. The van der Waals surface area contributed by atoms with E-state index in [1.54, 1.807) is 25.4 Å². The fourth-order valence-corrected chi connectivity index (χ4v) is 3.54. The second-order valence-electron chi connectivity index (χ2n) is 6.11. The van der Waals surface area contributed by atoms with Gasteiger partial charge in [0.25, 0.3) is 5.91 Å². The molecule has 0 aliphatic heterocycles. The number of carbonyl (C=O) groups is 1. The highest BCUT2D eigenvalue weighted by Gasteiger charge is 2.21. The van der Waals surface area contributed by atoms with Gasteiger partial charge < -0.3 is 15.4 Å². The van der Waals surface area contributed by atoms with Gasteiger partial charge in [-0.05, 0) is 30.7 Å². The fourth-order valence-electron chi connectivity index (χ4n) is 2.50. The molecule has 0 aromatic heterocycles. The summed E-state index contributed by atoms with van der Waals surface area (Å²) in [7, 11) is 0.333. The van der Waals surface area contributed by atoms with E-state index in [1.165, 1.54) is 7.05 Å². The smallest absolute Gasteiger partial charge is 0.251 e. The van der Waals surface area contributed by atoms with Crippen molar-refractivity contribution in [1.82, 2.24) is 5.32 Å². The van der Waals surface area contributed by atoms with Crippen molar-refractivity contribution in [2.75, 3.05) is 32.2 Å².